The highest BCUT2D eigenvalue weighted by Gasteiger charge is 2.03. The van der Waals surface area contributed by atoms with Crippen LogP contribution in [0, 0.1) is 0 Å². The topological polar surface area (TPSA) is 51.8 Å². The van der Waals surface area contributed by atoms with Crippen LogP contribution in [0.1, 0.15) is 0 Å². The van der Waals surface area contributed by atoms with E-state index in [0.717, 1.165) is 9.37 Å². The average molecular weight is 209 g/mol. The van der Waals surface area contributed by atoms with Gasteiger partial charge in [-0.2, -0.15) is 0 Å². The maximum absolute atomic E-state index is 5.73. The Bertz CT molecular complexity index is 386. The van der Waals surface area contributed by atoms with Crippen LogP contribution in [0.4, 0.5) is 5.69 Å². The second-order valence-corrected chi connectivity index (χ2v) is 4.43. The van der Waals surface area contributed by atoms with Gasteiger partial charge in [-0.05, 0) is 23.9 Å². The molecule has 2 aromatic rings. The summed E-state index contributed by atoms with van der Waals surface area (Å²) in [6.07, 6.45) is 3.50. The quantitative estimate of drug-likeness (QED) is 0.824. The van der Waals surface area contributed by atoms with E-state index in [0.29, 0.717) is 5.69 Å². The van der Waals surface area contributed by atoms with Crippen LogP contribution in [-0.4, -0.2) is 9.97 Å². The summed E-state index contributed by atoms with van der Waals surface area (Å²) >= 11 is 3.07. The zero-order valence-electron chi connectivity index (χ0n) is 6.68. The molecule has 0 aliphatic carbocycles. The van der Waals surface area contributed by atoms with Crippen LogP contribution < -0.4 is 5.73 Å². The Morgan fingerprint density at radius 1 is 1.31 bits per heavy atom. The molecule has 0 atom stereocenters. The van der Waals surface area contributed by atoms with Gasteiger partial charge in [-0.25, -0.2) is 9.97 Å². The summed E-state index contributed by atoms with van der Waals surface area (Å²) in [6, 6.07) is 3.66. The number of rotatable bonds is 2. The van der Waals surface area contributed by atoms with Gasteiger partial charge >= 0.3 is 0 Å². The van der Waals surface area contributed by atoms with Crippen molar-refractivity contribution in [1.82, 2.24) is 9.97 Å². The molecule has 2 N–H and O–H groups in total. The van der Waals surface area contributed by atoms with Gasteiger partial charge in [-0.1, -0.05) is 0 Å². The SMILES string of the molecule is Nc1cccnc1Sc1nccs1. The minimum atomic E-state index is 0.697. The van der Waals surface area contributed by atoms with E-state index < -0.39 is 0 Å². The number of hydrogen-bond donors (Lipinski definition) is 1. The first-order valence-corrected chi connectivity index (χ1v) is 5.34. The number of nitrogen functional groups attached to an aromatic ring is 1. The summed E-state index contributed by atoms with van der Waals surface area (Å²) in [6.45, 7) is 0. The first-order valence-electron chi connectivity index (χ1n) is 3.64. The molecule has 2 aromatic heterocycles. The molecule has 3 nitrogen and oxygen atoms in total. The number of nitrogens with two attached hydrogens (primary N) is 1. The first kappa shape index (κ1) is 8.52. The summed E-state index contributed by atoms with van der Waals surface area (Å²) in [4.78, 5) is 8.30. The normalized spacial score (nSPS) is 10.2. The Hall–Kier alpha value is -1.07. The third-order valence-corrected chi connectivity index (χ3v) is 3.31. The van der Waals surface area contributed by atoms with Crippen molar-refractivity contribution in [2.45, 2.75) is 9.37 Å². The smallest absolute Gasteiger partial charge is 0.156 e. The number of hydrogen-bond acceptors (Lipinski definition) is 5. The Kier molecular flexibility index (Phi) is 2.47. The number of nitrogens with zero attached hydrogens (tertiary/aromatic N) is 2. The van der Waals surface area contributed by atoms with Gasteiger partial charge in [-0.15, -0.1) is 11.3 Å². The predicted octanol–water partition coefficient (Wildman–Crippen LogP) is 2.27. The number of thiazole rings is 1. The van der Waals surface area contributed by atoms with Crippen molar-refractivity contribution < 1.29 is 0 Å². The van der Waals surface area contributed by atoms with E-state index in [1.54, 1.807) is 23.7 Å². The highest BCUT2D eigenvalue weighted by Crippen LogP contribution is 2.30. The molecule has 0 fully saturated rings. The summed E-state index contributed by atoms with van der Waals surface area (Å²) in [7, 11) is 0. The Morgan fingerprint density at radius 2 is 2.23 bits per heavy atom. The molecule has 0 unspecified atom stereocenters. The molecular weight excluding hydrogens is 202 g/mol. The molecule has 66 valence electrons. The van der Waals surface area contributed by atoms with Crippen LogP contribution in [0.2, 0.25) is 0 Å². The van der Waals surface area contributed by atoms with Crippen molar-refractivity contribution in [3.8, 4) is 0 Å². The molecule has 0 bridgehead atoms. The van der Waals surface area contributed by atoms with E-state index in [-0.39, 0.29) is 0 Å². The lowest BCUT2D eigenvalue weighted by Gasteiger charge is -1.99. The molecule has 13 heavy (non-hydrogen) atoms. The summed E-state index contributed by atoms with van der Waals surface area (Å²) in [5, 5.41) is 2.75. The second kappa shape index (κ2) is 3.76. The van der Waals surface area contributed by atoms with Gasteiger partial charge in [0.1, 0.15) is 5.03 Å². The van der Waals surface area contributed by atoms with Gasteiger partial charge in [0.05, 0.1) is 5.69 Å². The zero-order chi connectivity index (χ0) is 9.10. The molecule has 0 spiro atoms. The highest BCUT2D eigenvalue weighted by molar-refractivity contribution is 8.01. The molecule has 2 heterocycles. The van der Waals surface area contributed by atoms with Crippen molar-refractivity contribution >= 4 is 28.8 Å². The second-order valence-electron chi connectivity index (χ2n) is 2.30. The van der Waals surface area contributed by atoms with Crippen LogP contribution in [0.3, 0.4) is 0 Å². The number of pyridine rings is 1. The van der Waals surface area contributed by atoms with E-state index in [1.165, 1.54) is 11.8 Å². The van der Waals surface area contributed by atoms with Crippen molar-refractivity contribution in [3.63, 3.8) is 0 Å². The van der Waals surface area contributed by atoms with Gasteiger partial charge in [0.15, 0.2) is 4.34 Å². The highest BCUT2D eigenvalue weighted by atomic mass is 32.2. The monoisotopic (exact) mass is 209 g/mol. The van der Waals surface area contributed by atoms with Crippen LogP contribution >= 0.6 is 23.1 Å². The molecule has 0 aliphatic rings. The van der Waals surface area contributed by atoms with Crippen molar-refractivity contribution in [3.05, 3.63) is 29.9 Å². The maximum atomic E-state index is 5.73. The fourth-order valence-corrected chi connectivity index (χ4v) is 2.37. The van der Waals surface area contributed by atoms with Crippen molar-refractivity contribution in [2.24, 2.45) is 0 Å². The van der Waals surface area contributed by atoms with E-state index in [2.05, 4.69) is 9.97 Å². The van der Waals surface area contributed by atoms with Gasteiger partial charge in [0.2, 0.25) is 0 Å². The molecule has 5 heteroatoms. The Morgan fingerprint density at radius 3 is 2.92 bits per heavy atom. The van der Waals surface area contributed by atoms with Crippen molar-refractivity contribution in [2.75, 3.05) is 5.73 Å². The third kappa shape index (κ3) is 1.99. The minimum absolute atomic E-state index is 0.697. The largest absolute Gasteiger partial charge is 0.397 e. The van der Waals surface area contributed by atoms with Gasteiger partial charge in [0, 0.05) is 17.8 Å². The Labute approximate surface area is 84.0 Å². The average Bonchev–Trinajstić information content (AvgIpc) is 2.61. The first-order chi connectivity index (χ1) is 6.36. The van der Waals surface area contributed by atoms with E-state index in [4.69, 9.17) is 5.73 Å². The van der Waals surface area contributed by atoms with Gasteiger partial charge < -0.3 is 5.73 Å². The third-order valence-electron chi connectivity index (χ3n) is 1.39. The molecular formula is C8H7N3S2. The van der Waals surface area contributed by atoms with E-state index in [9.17, 15) is 0 Å². The standard InChI is InChI=1S/C8H7N3S2/c9-6-2-1-3-10-7(6)13-8-11-4-5-12-8/h1-5H,9H2. The molecule has 0 aliphatic heterocycles. The fourth-order valence-electron chi connectivity index (χ4n) is 0.832. The van der Waals surface area contributed by atoms with Crippen LogP contribution in [-0.2, 0) is 0 Å². The predicted molar refractivity (Wildman–Crippen MR) is 54.9 cm³/mol. The lowest BCUT2D eigenvalue weighted by Crippen LogP contribution is -1.89. The molecule has 0 saturated carbocycles. The molecule has 0 saturated heterocycles. The number of aromatic nitrogens is 2. The fraction of sp³-hybridized carbons (Fsp3) is 0. The zero-order valence-corrected chi connectivity index (χ0v) is 8.31. The van der Waals surface area contributed by atoms with Crippen molar-refractivity contribution in [1.29, 1.82) is 0 Å². The molecule has 2 rings (SSSR count). The van der Waals surface area contributed by atoms with Gasteiger partial charge in [-0.3, -0.25) is 0 Å². The molecule has 0 amide bonds. The summed E-state index contributed by atoms with van der Waals surface area (Å²) in [5.74, 6) is 0. The van der Waals surface area contributed by atoms with E-state index in [1.807, 2.05) is 17.5 Å². The molecule has 0 aromatic carbocycles. The minimum Gasteiger partial charge on any atom is -0.397 e. The lowest BCUT2D eigenvalue weighted by molar-refractivity contribution is 1.13. The lowest BCUT2D eigenvalue weighted by atomic mass is 10.4. The van der Waals surface area contributed by atoms with Crippen LogP contribution in [0.15, 0.2) is 39.3 Å². The van der Waals surface area contributed by atoms with Crippen LogP contribution in [0.25, 0.3) is 0 Å². The Balaban J connectivity index is 2.24. The van der Waals surface area contributed by atoms with E-state index >= 15 is 0 Å². The summed E-state index contributed by atoms with van der Waals surface area (Å²) in [5.41, 5.74) is 6.43. The molecule has 0 radical (unpaired) electrons. The maximum Gasteiger partial charge on any atom is 0.156 e. The van der Waals surface area contributed by atoms with Crippen LogP contribution in [0.5, 0.6) is 0 Å². The summed E-state index contributed by atoms with van der Waals surface area (Å²) < 4.78 is 0.963. The van der Waals surface area contributed by atoms with Gasteiger partial charge in [0.25, 0.3) is 0 Å². The number of anilines is 1.